The van der Waals surface area contributed by atoms with Gasteiger partial charge in [-0.25, -0.2) is 0 Å². The van der Waals surface area contributed by atoms with E-state index in [4.69, 9.17) is 0 Å². The lowest BCUT2D eigenvalue weighted by Gasteiger charge is -2.31. The summed E-state index contributed by atoms with van der Waals surface area (Å²) in [5.41, 5.74) is 2.18. The van der Waals surface area contributed by atoms with Crippen molar-refractivity contribution in [1.29, 1.82) is 0 Å². The van der Waals surface area contributed by atoms with Crippen molar-refractivity contribution in [2.45, 2.75) is 39.2 Å². The van der Waals surface area contributed by atoms with Crippen molar-refractivity contribution in [2.24, 2.45) is 11.8 Å². The molecule has 2 atom stereocenters. The third-order valence-corrected chi connectivity index (χ3v) is 4.56. The predicted molar refractivity (Wildman–Crippen MR) is 88.6 cm³/mol. The zero-order chi connectivity index (χ0) is 16.3. The van der Waals surface area contributed by atoms with Crippen LogP contribution in [0.3, 0.4) is 0 Å². The van der Waals surface area contributed by atoms with Gasteiger partial charge in [0.1, 0.15) is 0 Å². The molecule has 0 radical (unpaired) electrons. The molecule has 4 nitrogen and oxygen atoms in total. The Morgan fingerprint density at radius 2 is 1.91 bits per heavy atom. The molecule has 2 unspecified atom stereocenters. The third kappa shape index (κ3) is 4.08. The van der Waals surface area contributed by atoms with Crippen LogP contribution in [0.2, 0.25) is 0 Å². The highest BCUT2D eigenvalue weighted by Crippen LogP contribution is 2.24. The smallest absolute Gasteiger partial charge is 0.223 e. The highest BCUT2D eigenvalue weighted by atomic mass is 16.3. The largest absolute Gasteiger partial charge is 0.387 e. The normalized spacial score (nSPS) is 18.4. The van der Waals surface area contributed by atoms with Gasteiger partial charge in [-0.1, -0.05) is 52.0 Å². The average Bonchev–Trinajstić information content (AvgIpc) is 2.41. The second kappa shape index (κ2) is 6.80. The number of rotatable bonds is 5. The first kappa shape index (κ1) is 17.0. The standard InChI is InChI=1S/C18H28N2O2/c1-12(14-9-19-10-14)17(22)20-11-16(21)13-5-7-15(8-6-13)18(2,3)4/h5-8,12,14,16,19,21H,9-11H2,1-4H3,(H,20,22). The zero-order valence-corrected chi connectivity index (χ0v) is 14.0. The van der Waals surface area contributed by atoms with Crippen LogP contribution >= 0.6 is 0 Å². The number of hydrogen-bond acceptors (Lipinski definition) is 3. The van der Waals surface area contributed by atoms with E-state index in [0.29, 0.717) is 5.92 Å². The molecule has 0 bridgehead atoms. The number of carbonyl (C=O) groups excluding carboxylic acids is 1. The minimum absolute atomic E-state index is 0.00304. The first-order chi connectivity index (χ1) is 10.3. The minimum Gasteiger partial charge on any atom is -0.387 e. The maximum Gasteiger partial charge on any atom is 0.223 e. The second-order valence-electron chi connectivity index (χ2n) is 7.34. The fourth-order valence-electron chi connectivity index (χ4n) is 2.56. The summed E-state index contributed by atoms with van der Waals surface area (Å²) in [7, 11) is 0. The molecule has 1 amide bonds. The summed E-state index contributed by atoms with van der Waals surface area (Å²) in [6.07, 6.45) is -0.662. The molecule has 2 rings (SSSR count). The van der Waals surface area contributed by atoms with Crippen molar-refractivity contribution in [2.75, 3.05) is 19.6 Å². The molecule has 1 aliphatic heterocycles. The molecule has 1 aliphatic rings. The van der Waals surface area contributed by atoms with E-state index in [1.54, 1.807) is 0 Å². The number of aliphatic hydroxyl groups excluding tert-OH is 1. The van der Waals surface area contributed by atoms with Gasteiger partial charge < -0.3 is 15.7 Å². The van der Waals surface area contributed by atoms with Crippen molar-refractivity contribution < 1.29 is 9.90 Å². The molecule has 0 saturated carbocycles. The van der Waals surface area contributed by atoms with Crippen LogP contribution in [0, 0.1) is 11.8 Å². The lowest BCUT2D eigenvalue weighted by molar-refractivity contribution is -0.127. The van der Waals surface area contributed by atoms with E-state index >= 15 is 0 Å². The van der Waals surface area contributed by atoms with Gasteiger partial charge in [0.15, 0.2) is 0 Å². The number of nitrogens with one attached hydrogen (secondary N) is 2. The number of amides is 1. The van der Waals surface area contributed by atoms with Crippen molar-refractivity contribution in [3.63, 3.8) is 0 Å². The molecule has 1 fully saturated rings. The molecule has 22 heavy (non-hydrogen) atoms. The van der Waals surface area contributed by atoms with Gasteiger partial charge >= 0.3 is 0 Å². The molecule has 1 aromatic carbocycles. The topological polar surface area (TPSA) is 61.4 Å². The van der Waals surface area contributed by atoms with E-state index in [2.05, 4.69) is 31.4 Å². The highest BCUT2D eigenvalue weighted by molar-refractivity contribution is 5.78. The fraction of sp³-hybridized carbons (Fsp3) is 0.611. The summed E-state index contributed by atoms with van der Waals surface area (Å²) in [6.45, 7) is 10.5. The lowest BCUT2D eigenvalue weighted by atomic mass is 9.86. The molecule has 0 aromatic heterocycles. The third-order valence-electron chi connectivity index (χ3n) is 4.56. The van der Waals surface area contributed by atoms with Gasteiger partial charge in [-0.3, -0.25) is 4.79 Å². The molecule has 1 heterocycles. The number of benzene rings is 1. The quantitative estimate of drug-likeness (QED) is 0.779. The summed E-state index contributed by atoms with van der Waals surface area (Å²) in [5, 5.41) is 16.3. The zero-order valence-electron chi connectivity index (χ0n) is 14.0. The number of carbonyl (C=O) groups is 1. The Balaban J connectivity index is 1.86. The van der Waals surface area contributed by atoms with Crippen LogP contribution < -0.4 is 10.6 Å². The Bertz CT molecular complexity index is 501. The van der Waals surface area contributed by atoms with E-state index in [-0.39, 0.29) is 23.8 Å². The molecular weight excluding hydrogens is 276 g/mol. The van der Waals surface area contributed by atoms with Crippen LogP contribution in [0.1, 0.15) is 44.9 Å². The monoisotopic (exact) mass is 304 g/mol. The van der Waals surface area contributed by atoms with E-state index in [0.717, 1.165) is 18.7 Å². The van der Waals surface area contributed by atoms with Gasteiger partial charge in [0.05, 0.1) is 6.10 Å². The fourth-order valence-corrected chi connectivity index (χ4v) is 2.56. The molecule has 0 spiro atoms. The van der Waals surface area contributed by atoms with E-state index in [1.807, 2.05) is 31.2 Å². The molecule has 1 aromatic rings. The van der Waals surface area contributed by atoms with Gasteiger partial charge in [-0.15, -0.1) is 0 Å². The van der Waals surface area contributed by atoms with Crippen molar-refractivity contribution in [3.8, 4) is 0 Å². The highest BCUT2D eigenvalue weighted by Gasteiger charge is 2.28. The summed E-state index contributed by atoms with van der Waals surface area (Å²) >= 11 is 0. The summed E-state index contributed by atoms with van der Waals surface area (Å²) in [5.74, 6) is 0.441. The summed E-state index contributed by atoms with van der Waals surface area (Å²) < 4.78 is 0. The van der Waals surface area contributed by atoms with E-state index in [1.165, 1.54) is 5.56 Å². The molecule has 1 saturated heterocycles. The van der Waals surface area contributed by atoms with Crippen LogP contribution in [0.15, 0.2) is 24.3 Å². The lowest BCUT2D eigenvalue weighted by Crippen LogP contribution is -2.50. The van der Waals surface area contributed by atoms with E-state index < -0.39 is 6.10 Å². The van der Waals surface area contributed by atoms with Crippen molar-refractivity contribution >= 4 is 5.91 Å². The van der Waals surface area contributed by atoms with Crippen LogP contribution in [-0.2, 0) is 10.2 Å². The van der Waals surface area contributed by atoms with Crippen LogP contribution in [0.4, 0.5) is 0 Å². The molecule has 4 heteroatoms. The van der Waals surface area contributed by atoms with Crippen LogP contribution in [0.5, 0.6) is 0 Å². The SMILES string of the molecule is CC(C(=O)NCC(O)c1ccc(C(C)(C)C)cc1)C1CNC1. The first-order valence-electron chi connectivity index (χ1n) is 8.06. The van der Waals surface area contributed by atoms with Crippen LogP contribution in [-0.4, -0.2) is 30.6 Å². The van der Waals surface area contributed by atoms with Crippen molar-refractivity contribution in [1.82, 2.24) is 10.6 Å². The number of hydrogen-bond donors (Lipinski definition) is 3. The van der Waals surface area contributed by atoms with Gasteiger partial charge in [0, 0.05) is 12.5 Å². The summed E-state index contributed by atoms with van der Waals surface area (Å²) in [6, 6.07) is 7.97. The van der Waals surface area contributed by atoms with Gasteiger partial charge in [-0.05, 0) is 35.5 Å². The van der Waals surface area contributed by atoms with Crippen LogP contribution in [0.25, 0.3) is 0 Å². The average molecular weight is 304 g/mol. The Kier molecular flexibility index (Phi) is 5.24. The maximum atomic E-state index is 12.0. The minimum atomic E-state index is -0.662. The Hall–Kier alpha value is -1.39. The van der Waals surface area contributed by atoms with Gasteiger partial charge in [0.2, 0.25) is 5.91 Å². The second-order valence-corrected chi connectivity index (χ2v) is 7.34. The van der Waals surface area contributed by atoms with Crippen molar-refractivity contribution in [3.05, 3.63) is 35.4 Å². The Morgan fingerprint density at radius 1 is 1.32 bits per heavy atom. The maximum absolute atomic E-state index is 12.0. The first-order valence-corrected chi connectivity index (χ1v) is 8.06. The predicted octanol–water partition coefficient (Wildman–Crippen LogP) is 1.99. The molecule has 3 N–H and O–H groups in total. The summed E-state index contributed by atoms with van der Waals surface area (Å²) in [4.78, 5) is 12.0. The molecule has 122 valence electrons. The number of aliphatic hydroxyl groups is 1. The molecule has 0 aliphatic carbocycles. The Morgan fingerprint density at radius 3 is 2.36 bits per heavy atom. The van der Waals surface area contributed by atoms with Gasteiger partial charge in [-0.2, -0.15) is 0 Å². The Labute approximate surface area is 133 Å². The molecular formula is C18H28N2O2. The van der Waals surface area contributed by atoms with E-state index in [9.17, 15) is 9.90 Å². The van der Waals surface area contributed by atoms with Gasteiger partial charge in [0.25, 0.3) is 0 Å².